The SMILES string of the molecule is CC1(CNc2c(-c3c(F)cc(F)cc3F)c(Cl)nc3ncnn23)N=N1. The molecule has 3 heterocycles. The molecule has 0 fully saturated rings. The van der Waals surface area contributed by atoms with Crippen LogP contribution in [0.15, 0.2) is 28.7 Å². The molecule has 4 rings (SSSR count). The molecule has 0 spiro atoms. The Labute approximate surface area is 143 Å². The molecule has 1 aliphatic heterocycles. The number of halogens is 4. The van der Waals surface area contributed by atoms with E-state index in [0.29, 0.717) is 12.1 Å². The summed E-state index contributed by atoms with van der Waals surface area (Å²) in [6, 6.07) is 1.13. The fourth-order valence-corrected chi connectivity index (χ4v) is 2.65. The van der Waals surface area contributed by atoms with Gasteiger partial charge in [-0.2, -0.15) is 29.8 Å². The largest absolute Gasteiger partial charge is 0.365 e. The fourth-order valence-electron chi connectivity index (χ4n) is 2.39. The van der Waals surface area contributed by atoms with E-state index in [4.69, 9.17) is 11.6 Å². The van der Waals surface area contributed by atoms with Gasteiger partial charge in [-0.15, -0.1) is 0 Å². The number of hydrogen-bond donors (Lipinski definition) is 1. The third-order valence-electron chi connectivity index (χ3n) is 3.67. The Morgan fingerprint density at radius 3 is 2.48 bits per heavy atom. The first kappa shape index (κ1) is 15.8. The predicted octanol–water partition coefficient (Wildman–Crippen LogP) is 3.46. The molecule has 25 heavy (non-hydrogen) atoms. The smallest absolute Gasteiger partial charge is 0.255 e. The Morgan fingerprint density at radius 2 is 1.84 bits per heavy atom. The summed E-state index contributed by atoms with van der Waals surface area (Å²) in [4.78, 5) is 7.89. The standard InChI is InChI=1S/C14H9ClF3N7/c1-14(23-24-14)4-19-12-10(9-7(17)2-6(16)3-8(9)18)11(15)22-13-20-5-21-25(12)13/h2-3,5,19H,4H2,1H3. The first-order chi connectivity index (χ1) is 11.9. The van der Waals surface area contributed by atoms with Crippen LogP contribution in [0, 0.1) is 17.5 Å². The van der Waals surface area contributed by atoms with Crippen molar-refractivity contribution in [3.05, 3.63) is 41.1 Å². The van der Waals surface area contributed by atoms with Crippen molar-refractivity contribution in [1.29, 1.82) is 0 Å². The molecule has 3 aromatic rings. The van der Waals surface area contributed by atoms with Crippen LogP contribution in [-0.4, -0.2) is 31.8 Å². The van der Waals surface area contributed by atoms with E-state index in [1.54, 1.807) is 6.92 Å². The molecule has 11 heteroatoms. The van der Waals surface area contributed by atoms with Crippen molar-refractivity contribution in [3.63, 3.8) is 0 Å². The molecule has 128 valence electrons. The summed E-state index contributed by atoms with van der Waals surface area (Å²) in [6.45, 7) is 2.00. The number of fused-ring (bicyclic) bond motifs is 1. The summed E-state index contributed by atoms with van der Waals surface area (Å²) in [5, 5.41) is 14.5. The van der Waals surface area contributed by atoms with Crippen LogP contribution in [0.4, 0.5) is 19.0 Å². The van der Waals surface area contributed by atoms with E-state index in [1.807, 2.05) is 0 Å². The van der Waals surface area contributed by atoms with Gasteiger partial charge in [-0.25, -0.2) is 13.2 Å². The Morgan fingerprint density at radius 1 is 1.16 bits per heavy atom. The molecule has 0 amide bonds. The van der Waals surface area contributed by atoms with Gasteiger partial charge in [-0.05, 0) is 6.92 Å². The van der Waals surface area contributed by atoms with Crippen LogP contribution in [-0.2, 0) is 0 Å². The Hall–Kier alpha value is -2.75. The second-order valence-corrected chi connectivity index (χ2v) is 5.97. The van der Waals surface area contributed by atoms with Gasteiger partial charge in [-0.3, -0.25) is 0 Å². The molecule has 0 radical (unpaired) electrons. The van der Waals surface area contributed by atoms with Crippen molar-refractivity contribution in [2.24, 2.45) is 10.2 Å². The molecular weight excluding hydrogens is 359 g/mol. The van der Waals surface area contributed by atoms with Crippen LogP contribution in [0.5, 0.6) is 0 Å². The molecular formula is C14H9ClF3N7. The van der Waals surface area contributed by atoms with E-state index in [2.05, 4.69) is 30.6 Å². The summed E-state index contributed by atoms with van der Waals surface area (Å²) in [5.41, 5.74) is -1.26. The number of nitrogens with zero attached hydrogens (tertiary/aromatic N) is 6. The molecule has 0 saturated heterocycles. The van der Waals surface area contributed by atoms with E-state index in [-0.39, 0.29) is 28.9 Å². The summed E-state index contributed by atoms with van der Waals surface area (Å²) >= 11 is 6.14. The van der Waals surface area contributed by atoms with Crippen LogP contribution in [0.1, 0.15) is 6.92 Å². The van der Waals surface area contributed by atoms with Gasteiger partial charge in [0.15, 0.2) is 0 Å². The number of rotatable bonds is 4. The van der Waals surface area contributed by atoms with Crippen molar-refractivity contribution in [1.82, 2.24) is 19.6 Å². The highest BCUT2D eigenvalue weighted by molar-refractivity contribution is 6.33. The first-order valence-corrected chi connectivity index (χ1v) is 7.48. The maximum Gasteiger partial charge on any atom is 0.255 e. The Kier molecular flexibility index (Phi) is 3.39. The van der Waals surface area contributed by atoms with Crippen LogP contribution < -0.4 is 5.32 Å². The topological polar surface area (TPSA) is 79.8 Å². The van der Waals surface area contributed by atoms with Gasteiger partial charge >= 0.3 is 0 Å². The molecule has 0 aliphatic carbocycles. The van der Waals surface area contributed by atoms with Crippen LogP contribution in [0.2, 0.25) is 5.15 Å². The molecule has 2 aromatic heterocycles. The number of anilines is 1. The lowest BCUT2D eigenvalue weighted by Gasteiger charge is -2.16. The molecule has 7 nitrogen and oxygen atoms in total. The molecule has 1 aromatic carbocycles. The first-order valence-electron chi connectivity index (χ1n) is 7.10. The van der Waals surface area contributed by atoms with Crippen molar-refractivity contribution in [2.45, 2.75) is 12.6 Å². The third-order valence-corrected chi connectivity index (χ3v) is 3.95. The minimum absolute atomic E-state index is 0.0982. The van der Waals surface area contributed by atoms with Crippen molar-refractivity contribution < 1.29 is 13.2 Å². The number of nitrogens with one attached hydrogen (secondary N) is 1. The van der Waals surface area contributed by atoms with E-state index < -0.39 is 28.7 Å². The molecule has 0 saturated carbocycles. The molecule has 0 unspecified atom stereocenters. The van der Waals surface area contributed by atoms with Gasteiger partial charge in [-0.1, -0.05) is 11.6 Å². The second kappa shape index (κ2) is 5.38. The summed E-state index contributed by atoms with van der Waals surface area (Å²) in [6.07, 6.45) is 1.22. The minimum Gasteiger partial charge on any atom is -0.365 e. The quantitative estimate of drug-likeness (QED) is 0.716. The van der Waals surface area contributed by atoms with Gasteiger partial charge < -0.3 is 5.32 Å². The monoisotopic (exact) mass is 367 g/mol. The highest BCUT2D eigenvalue weighted by Crippen LogP contribution is 2.38. The maximum atomic E-state index is 14.3. The van der Waals surface area contributed by atoms with Gasteiger partial charge in [0.2, 0.25) is 5.66 Å². The molecule has 1 N–H and O–H groups in total. The van der Waals surface area contributed by atoms with E-state index in [1.165, 1.54) is 10.8 Å². The van der Waals surface area contributed by atoms with E-state index in [9.17, 15) is 13.2 Å². The fraction of sp³-hybridized carbons (Fsp3) is 0.214. The van der Waals surface area contributed by atoms with Crippen LogP contribution >= 0.6 is 11.6 Å². The molecule has 1 aliphatic rings. The van der Waals surface area contributed by atoms with Gasteiger partial charge in [0.25, 0.3) is 5.78 Å². The van der Waals surface area contributed by atoms with Gasteiger partial charge in [0, 0.05) is 12.1 Å². The Bertz CT molecular complexity index is 1000. The lowest BCUT2D eigenvalue weighted by Crippen LogP contribution is -2.21. The number of aromatic nitrogens is 4. The summed E-state index contributed by atoms with van der Waals surface area (Å²) in [5.74, 6) is -2.99. The third kappa shape index (κ3) is 2.68. The van der Waals surface area contributed by atoms with Crippen molar-refractivity contribution >= 4 is 23.2 Å². The Balaban J connectivity index is 1.94. The molecule has 0 bridgehead atoms. The number of benzene rings is 1. The van der Waals surface area contributed by atoms with Crippen LogP contribution in [0.3, 0.4) is 0 Å². The minimum atomic E-state index is -1.12. The average molecular weight is 368 g/mol. The predicted molar refractivity (Wildman–Crippen MR) is 82.9 cm³/mol. The normalized spacial score (nSPS) is 14.9. The zero-order valence-electron chi connectivity index (χ0n) is 12.6. The van der Waals surface area contributed by atoms with E-state index >= 15 is 0 Å². The zero-order chi connectivity index (χ0) is 17.8. The summed E-state index contributed by atoms with van der Waals surface area (Å²) in [7, 11) is 0. The lowest BCUT2D eigenvalue weighted by molar-refractivity contribution is 0.548. The highest BCUT2D eigenvalue weighted by Gasteiger charge is 2.34. The van der Waals surface area contributed by atoms with Crippen molar-refractivity contribution in [3.8, 4) is 11.1 Å². The number of hydrogen-bond acceptors (Lipinski definition) is 6. The van der Waals surface area contributed by atoms with Gasteiger partial charge in [0.05, 0.1) is 17.7 Å². The average Bonchev–Trinajstić information content (AvgIpc) is 3.08. The lowest BCUT2D eigenvalue weighted by atomic mass is 10.1. The zero-order valence-corrected chi connectivity index (χ0v) is 13.4. The summed E-state index contributed by atoms with van der Waals surface area (Å²) < 4.78 is 43.1. The van der Waals surface area contributed by atoms with Gasteiger partial charge in [0.1, 0.15) is 34.7 Å². The second-order valence-electron chi connectivity index (χ2n) is 5.61. The maximum absolute atomic E-state index is 14.3. The van der Waals surface area contributed by atoms with Crippen LogP contribution in [0.25, 0.3) is 16.9 Å². The van der Waals surface area contributed by atoms with Crippen molar-refractivity contribution in [2.75, 3.05) is 11.9 Å². The highest BCUT2D eigenvalue weighted by atomic mass is 35.5. The van der Waals surface area contributed by atoms with E-state index in [0.717, 1.165) is 0 Å². The molecule has 0 atom stereocenters.